The largest absolute Gasteiger partial charge is 0.355 e. The topological polar surface area (TPSA) is 93.3 Å². The van der Waals surface area contributed by atoms with Crippen molar-refractivity contribution in [2.24, 2.45) is 0 Å². The molecule has 0 aliphatic carbocycles. The molecule has 3 rings (SSSR count). The summed E-state index contributed by atoms with van der Waals surface area (Å²) in [5, 5.41) is 9.65. The lowest BCUT2D eigenvalue weighted by atomic mass is 10.1. The van der Waals surface area contributed by atoms with Crippen molar-refractivity contribution in [3.8, 4) is 5.82 Å². The van der Waals surface area contributed by atoms with Gasteiger partial charge in [-0.2, -0.15) is 5.10 Å². The van der Waals surface area contributed by atoms with Crippen LogP contribution in [0, 0.1) is 20.4 Å². The summed E-state index contributed by atoms with van der Waals surface area (Å²) < 4.78 is 1.91. The Bertz CT molecular complexity index is 1160. The maximum atomic E-state index is 13.1. The molecule has 2 N–H and O–H groups in total. The van der Waals surface area contributed by atoms with E-state index in [2.05, 4.69) is 41.5 Å². The highest BCUT2D eigenvalue weighted by Crippen LogP contribution is 2.28. The van der Waals surface area contributed by atoms with Gasteiger partial charge in [0, 0.05) is 19.3 Å². The van der Waals surface area contributed by atoms with E-state index in [-0.39, 0.29) is 11.3 Å². The number of pyridine rings is 1. The third kappa shape index (κ3) is 4.02. The number of carbonyl (C=O) groups is 2. The lowest BCUT2D eigenvalue weighted by molar-refractivity contribution is 0.0964. The van der Waals surface area contributed by atoms with Gasteiger partial charge in [-0.05, 0) is 53.0 Å². The number of rotatable bonds is 4. The predicted molar refractivity (Wildman–Crippen MR) is 113 cm³/mol. The van der Waals surface area contributed by atoms with Gasteiger partial charge in [-0.1, -0.05) is 12.1 Å². The summed E-state index contributed by atoms with van der Waals surface area (Å²) in [6, 6.07) is 8.31. The van der Waals surface area contributed by atoms with Gasteiger partial charge in [-0.15, -0.1) is 0 Å². The number of hydrogen-bond acceptors (Lipinski definition) is 4. The van der Waals surface area contributed by atoms with E-state index in [0.29, 0.717) is 27.4 Å². The van der Waals surface area contributed by atoms with Crippen molar-refractivity contribution in [2.45, 2.75) is 13.8 Å². The number of aromatic nitrogens is 3. The van der Waals surface area contributed by atoms with Gasteiger partial charge in [0.05, 0.1) is 17.8 Å². The Morgan fingerprint density at radius 2 is 1.93 bits per heavy atom. The lowest BCUT2D eigenvalue weighted by Gasteiger charge is -2.15. The van der Waals surface area contributed by atoms with Crippen LogP contribution in [0.15, 0.2) is 41.1 Å². The molecule has 0 aliphatic heterocycles. The van der Waals surface area contributed by atoms with E-state index in [9.17, 15) is 9.59 Å². The number of hydrogen-bond donors (Lipinski definition) is 2. The molecule has 0 aliphatic rings. The second-order valence-corrected chi connectivity index (χ2v) is 7.05. The molecule has 0 fully saturated rings. The quantitative estimate of drug-likeness (QED) is 0.588. The number of aryl methyl sites for hydroxylation is 2. The van der Waals surface area contributed by atoms with Crippen LogP contribution >= 0.6 is 15.9 Å². The molecule has 146 valence electrons. The minimum Gasteiger partial charge on any atom is -0.355 e. The molecule has 3 aromatic rings. The van der Waals surface area contributed by atoms with Crippen LogP contribution in [-0.4, -0.2) is 33.6 Å². The standard InChI is InChI=1S/C20H17BrN6O2/c1-11-6-5-7-24-18(11)27-15(10-16(21)26-27)20(29)25-17-12(2)8-13(22-3)9-14(17)19(28)23-4/h5-10H,1-2,4H3,(H,23,28)(H,25,29). The number of anilines is 1. The molecule has 2 aromatic heterocycles. The third-order valence-corrected chi connectivity index (χ3v) is 4.64. The summed E-state index contributed by atoms with van der Waals surface area (Å²) >= 11 is 3.30. The molecule has 2 amide bonds. The zero-order chi connectivity index (χ0) is 21.1. The van der Waals surface area contributed by atoms with Gasteiger partial charge < -0.3 is 10.6 Å². The Morgan fingerprint density at radius 1 is 1.17 bits per heavy atom. The average Bonchev–Trinajstić information content (AvgIpc) is 3.10. The first-order chi connectivity index (χ1) is 13.8. The lowest BCUT2D eigenvalue weighted by Crippen LogP contribution is -2.23. The Labute approximate surface area is 175 Å². The first-order valence-electron chi connectivity index (χ1n) is 8.58. The van der Waals surface area contributed by atoms with Gasteiger partial charge >= 0.3 is 0 Å². The number of halogens is 1. The number of nitrogens with one attached hydrogen (secondary N) is 2. The Balaban J connectivity index is 2.06. The third-order valence-electron chi connectivity index (χ3n) is 4.25. The van der Waals surface area contributed by atoms with Crippen molar-refractivity contribution < 1.29 is 9.59 Å². The highest BCUT2D eigenvalue weighted by Gasteiger charge is 2.21. The van der Waals surface area contributed by atoms with Crippen LogP contribution in [0.5, 0.6) is 0 Å². The summed E-state index contributed by atoms with van der Waals surface area (Å²) in [6.45, 7) is 10.8. The van der Waals surface area contributed by atoms with E-state index in [1.807, 2.05) is 13.0 Å². The zero-order valence-corrected chi connectivity index (χ0v) is 17.5. The Kier molecular flexibility index (Phi) is 5.75. The van der Waals surface area contributed by atoms with Crippen LogP contribution in [0.1, 0.15) is 32.0 Å². The van der Waals surface area contributed by atoms with Crippen LogP contribution in [0.2, 0.25) is 0 Å². The highest BCUT2D eigenvalue weighted by atomic mass is 79.9. The molecular formula is C20H17BrN6O2. The van der Waals surface area contributed by atoms with E-state index in [1.165, 1.54) is 17.8 Å². The van der Waals surface area contributed by atoms with Gasteiger partial charge in [-0.25, -0.2) is 14.5 Å². The number of benzene rings is 1. The fourth-order valence-electron chi connectivity index (χ4n) is 2.86. The SMILES string of the molecule is [C-]#[N+]c1cc(C)c(NC(=O)c2cc(Br)nn2-c2ncccc2C)c(C(=O)NC)c1. The van der Waals surface area contributed by atoms with Gasteiger partial charge in [-0.3, -0.25) is 9.59 Å². The van der Waals surface area contributed by atoms with Crippen molar-refractivity contribution in [1.82, 2.24) is 20.1 Å². The van der Waals surface area contributed by atoms with Gasteiger partial charge in [0.1, 0.15) is 10.3 Å². The minimum absolute atomic E-state index is 0.214. The molecule has 0 saturated heterocycles. The fourth-order valence-corrected chi connectivity index (χ4v) is 3.24. The molecule has 1 aromatic carbocycles. The van der Waals surface area contributed by atoms with Crippen LogP contribution in [0.4, 0.5) is 11.4 Å². The van der Waals surface area contributed by atoms with Crippen molar-refractivity contribution in [3.63, 3.8) is 0 Å². The van der Waals surface area contributed by atoms with E-state index < -0.39 is 11.8 Å². The second-order valence-electron chi connectivity index (χ2n) is 6.24. The second kappa shape index (κ2) is 8.24. The van der Waals surface area contributed by atoms with Crippen molar-refractivity contribution in [3.05, 3.63) is 74.9 Å². The fraction of sp³-hybridized carbons (Fsp3) is 0.150. The molecular weight excluding hydrogens is 436 g/mol. The van der Waals surface area contributed by atoms with E-state index in [4.69, 9.17) is 6.57 Å². The molecule has 0 radical (unpaired) electrons. The molecule has 2 heterocycles. The number of amides is 2. The van der Waals surface area contributed by atoms with Crippen LogP contribution < -0.4 is 10.6 Å². The smallest absolute Gasteiger partial charge is 0.274 e. The van der Waals surface area contributed by atoms with Crippen LogP contribution in [-0.2, 0) is 0 Å². The molecule has 0 saturated carbocycles. The Morgan fingerprint density at radius 3 is 2.59 bits per heavy atom. The molecule has 9 heteroatoms. The zero-order valence-electron chi connectivity index (χ0n) is 15.9. The monoisotopic (exact) mass is 452 g/mol. The number of nitrogens with zero attached hydrogens (tertiary/aromatic N) is 4. The average molecular weight is 453 g/mol. The number of carbonyl (C=O) groups excluding carboxylic acids is 2. The van der Waals surface area contributed by atoms with E-state index >= 15 is 0 Å². The maximum Gasteiger partial charge on any atom is 0.274 e. The molecule has 0 bridgehead atoms. The minimum atomic E-state index is -0.461. The molecule has 0 atom stereocenters. The first-order valence-corrected chi connectivity index (χ1v) is 9.38. The van der Waals surface area contributed by atoms with Gasteiger partial charge in [0.15, 0.2) is 11.5 Å². The van der Waals surface area contributed by atoms with E-state index in [0.717, 1.165) is 5.56 Å². The van der Waals surface area contributed by atoms with E-state index in [1.54, 1.807) is 31.3 Å². The first kappa shape index (κ1) is 20.2. The Hall–Kier alpha value is -3.51. The highest BCUT2D eigenvalue weighted by molar-refractivity contribution is 9.10. The van der Waals surface area contributed by atoms with Crippen molar-refractivity contribution >= 4 is 39.1 Å². The normalized spacial score (nSPS) is 10.3. The van der Waals surface area contributed by atoms with Crippen molar-refractivity contribution in [2.75, 3.05) is 12.4 Å². The molecule has 0 unspecified atom stereocenters. The summed E-state index contributed by atoms with van der Waals surface area (Å²) in [7, 11) is 1.49. The van der Waals surface area contributed by atoms with Crippen molar-refractivity contribution in [1.29, 1.82) is 0 Å². The van der Waals surface area contributed by atoms with Crippen LogP contribution in [0.25, 0.3) is 10.7 Å². The molecule has 0 spiro atoms. The van der Waals surface area contributed by atoms with Gasteiger partial charge in [0.25, 0.3) is 11.8 Å². The van der Waals surface area contributed by atoms with Gasteiger partial charge in [0.2, 0.25) is 0 Å². The maximum absolute atomic E-state index is 13.1. The molecule has 8 nitrogen and oxygen atoms in total. The summed E-state index contributed by atoms with van der Waals surface area (Å²) in [4.78, 5) is 33.1. The summed E-state index contributed by atoms with van der Waals surface area (Å²) in [5.41, 5.74) is 2.56. The molecule has 29 heavy (non-hydrogen) atoms. The van der Waals surface area contributed by atoms with Crippen LogP contribution in [0.3, 0.4) is 0 Å². The summed E-state index contributed by atoms with van der Waals surface area (Å²) in [6.07, 6.45) is 1.62. The summed E-state index contributed by atoms with van der Waals surface area (Å²) in [5.74, 6) is -0.337. The predicted octanol–water partition coefficient (Wildman–Crippen LogP) is 3.81.